The van der Waals surface area contributed by atoms with Crippen LogP contribution in [0.25, 0.3) is 22.1 Å². The van der Waals surface area contributed by atoms with Gasteiger partial charge in [0.1, 0.15) is 11.3 Å². The standard InChI is InChI=1S/C22H23F3N6O2S/c23-22(24,25)13-30-8-6-14(7-9-30)16-12-31(34(32,33)15-4-2-1-3-5-15)21-19(16)20-17(11-27-21)28-18(10-26)29-20/h1-5,11-12,14H,6-10,13,26H2,(H,28,29). The number of hydrogen-bond donors (Lipinski definition) is 2. The zero-order chi connectivity index (χ0) is 24.1. The lowest BCUT2D eigenvalue weighted by molar-refractivity contribution is -0.147. The summed E-state index contributed by atoms with van der Waals surface area (Å²) in [7, 11) is -3.95. The number of halogens is 3. The number of nitrogens with one attached hydrogen (secondary N) is 1. The molecule has 0 amide bonds. The highest BCUT2D eigenvalue weighted by atomic mass is 32.2. The predicted molar refractivity (Wildman–Crippen MR) is 121 cm³/mol. The monoisotopic (exact) mass is 492 g/mol. The maximum atomic E-state index is 13.5. The largest absolute Gasteiger partial charge is 0.401 e. The number of aromatic amines is 1. The molecule has 5 rings (SSSR count). The minimum Gasteiger partial charge on any atom is -0.340 e. The Balaban J connectivity index is 1.63. The molecule has 0 atom stereocenters. The number of pyridine rings is 1. The smallest absolute Gasteiger partial charge is 0.340 e. The number of likely N-dealkylation sites (tertiary alicyclic amines) is 1. The lowest BCUT2D eigenvalue weighted by Crippen LogP contribution is -2.39. The van der Waals surface area contributed by atoms with Crippen molar-refractivity contribution in [3.63, 3.8) is 0 Å². The third-order valence-electron chi connectivity index (χ3n) is 6.24. The number of nitrogens with two attached hydrogens (primary N) is 1. The van der Waals surface area contributed by atoms with Crippen molar-refractivity contribution in [3.05, 3.63) is 54.1 Å². The number of piperidine rings is 1. The van der Waals surface area contributed by atoms with Gasteiger partial charge in [-0.2, -0.15) is 13.2 Å². The number of imidazole rings is 1. The van der Waals surface area contributed by atoms with Gasteiger partial charge in [-0.05, 0) is 49.5 Å². The number of hydrogen-bond acceptors (Lipinski definition) is 6. The minimum absolute atomic E-state index is 0.118. The lowest BCUT2D eigenvalue weighted by Gasteiger charge is -2.32. The molecule has 1 aromatic carbocycles. The molecular weight excluding hydrogens is 469 g/mol. The fourth-order valence-electron chi connectivity index (χ4n) is 4.66. The molecule has 4 heterocycles. The van der Waals surface area contributed by atoms with Crippen LogP contribution in [0.1, 0.15) is 30.1 Å². The van der Waals surface area contributed by atoms with Gasteiger partial charge >= 0.3 is 6.18 Å². The van der Waals surface area contributed by atoms with Crippen LogP contribution in [0.5, 0.6) is 0 Å². The predicted octanol–water partition coefficient (Wildman–Crippen LogP) is 3.35. The second kappa shape index (κ2) is 8.36. The van der Waals surface area contributed by atoms with E-state index in [1.807, 2.05) is 0 Å². The van der Waals surface area contributed by atoms with E-state index in [0.29, 0.717) is 35.1 Å². The molecule has 34 heavy (non-hydrogen) atoms. The number of H-pyrrole nitrogens is 1. The van der Waals surface area contributed by atoms with Crippen molar-refractivity contribution in [1.82, 2.24) is 23.8 Å². The van der Waals surface area contributed by atoms with E-state index in [-0.39, 0.29) is 36.1 Å². The zero-order valence-corrected chi connectivity index (χ0v) is 18.9. The first-order valence-electron chi connectivity index (χ1n) is 10.9. The van der Waals surface area contributed by atoms with E-state index in [1.165, 1.54) is 23.2 Å². The zero-order valence-electron chi connectivity index (χ0n) is 18.1. The molecule has 180 valence electrons. The first kappa shape index (κ1) is 22.8. The Hall–Kier alpha value is -2.96. The summed E-state index contributed by atoms with van der Waals surface area (Å²) in [6.07, 6.45) is -0.256. The summed E-state index contributed by atoms with van der Waals surface area (Å²) in [6.45, 7) is -0.244. The van der Waals surface area contributed by atoms with Crippen molar-refractivity contribution in [2.75, 3.05) is 19.6 Å². The number of aromatic nitrogens is 4. The van der Waals surface area contributed by atoms with E-state index in [1.54, 1.807) is 24.4 Å². The summed E-state index contributed by atoms with van der Waals surface area (Å²) in [5, 5.41) is 0.610. The van der Waals surface area contributed by atoms with E-state index in [2.05, 4.69) is 15.0 Å². The molecule has 3 aromatic heterocycles. The molecule has 3 N–H and O–H groups in total. The third-order valence-corrected chi connectivity index (χ3v) is 7.91. The Morgan fingerprint density at radius 1 is 1.15 bits per heavy atom. The van der Waals surface area contributed by atoms with Gasteiger partial charge in [0, 0.05) is 11.6 Å². The molecule has 0 bridgehead atoms. The summed E-state index contributed by atoms with van der Waals surface area (Å²) in [5.41, 5.74) is 7.90. The SMILES string of the molecule is NCc1nc2cnc3c(c(C4CCN(CC(F)(F)F)CC4)cn3S(=O)(=O)c3ccccc3)c2[nH]1. The van der Waals surface area contributed by atoms with Crippen molar-refractivity contribution >= 4 is 32.1 Å². The van der Waals surface area contributed by atoms with Gasteiger partial charge < -0.3 is 10.7 Å². The van der Waals surface area contributed by atoms with Crippen LogP contribution in [-0.4, -0.2) is 58.1 Å². The second-order valence-corrected chi connectivity index (χ2v) is 10.3. The summed E-state index contributed by atoms with van der Waals surface area (Å²) in [5.74, 6) is 0.408. The van der Waals surface area contributed by atoms with Crippen molar-refractivity contribution in [2.45, 2.75) is 36.4 Å². The fraction of sp³-hybridized carbons (Fsp3) is 0.364. The van der Waals surface area contributed by atoms with Crippen molar-refractivity contribution < 1.29 is 21.6 Å². The molecule has 0 unspecified atom stereocenters. The molecule has 8 nitrogen and oxygen atoms in total. The Labute approximate surface area is 193 Å². The summed E-state index contributed by atoms with van der Waals surface area (Å²) >= 11 is 0. The third kappa shape index (κ3) is 4.05. The van der Waals surface area contributed by atoms with Gasteiger partial charge in [-0.3, -0.25) is 4.90 Å². The first-order chi connectivity index (χ1) is 16.2. The van der Waals surface area contributed by atoms with Crippen molar-refractivity contribution in [2.24, 2.45) is 5.73 Å². The Morgan fingerprint density at radius 3 is 2.50 bits per heavy atom. The lowest BCUT2D eigenvalue weighted by atomic mass is 9.89. The van der Waals surface area contributed by atoms with E-state index >= 15 is 0 Å². The van der Waals surface area contributed by atoms with Gasteiger partial charge in [0.05, 0.1) is 29.7 Å². The van der Waals surface area contributed by atoms with Crippen LogP contribution >= 0.6 is 0 Å². The van der Waals surface area contributed by atoms with Gasteiger partial charge in [-0.25, -0.2) is 22.4 Å². The Morgan fingerprint density at radius 2 is 1.85 bits per heavy atom. The first-order valence-corrected chi connectivity index (χ1v) is 12.3. The quantitative estimate of drug-likeness (QED) is 0.442. The maximum Gasteiger partial charge on any atom is 0.401 e. The normalized spacial score (nSPS) is 16.6. The highest BCUT2D eigenvalue weighted by molar-refractivity contribution is 7.90. The van der Waals surface area contributed by atoms with E-state index < -0.39 is 22.7 Å². The average molecular weight is 493 g/mol. The van der Waals surface area contributed by atoms with Crippen LogP contribution in [0.2, 0.25) is 0 Å². The molecule has 0 radical (unpaired) electrons. The van der Waals surface area contributed by atoms with Crippen LogP contribution in [-0.2, 0) is 16.6 Å². The number of benzene rings is 1. The number of alkyl halides is 3. The molecule has 1 saturated heterocycles. The molecule has 12 heteroatoms. The topological polar surface area (TPSA) is 110 Å². The molecular formula is C22H23F3N6O2S. The van der Waals surface area contributed by atoms with Crippen LogP contribution in [0.4, 0.5) is 13.2 Å². The fourth-order valence-corrected chi connectivity index (χ4v) is 6.01. The Bertz CT molecular complexity index is 1440. The van der Waals surface area contributed by atoms with Crippen molar-refractivity contribution in [3.8, 4) is 0 Å². The van der Waals surface area contributed by atoms with E-state index in [9.17, 15) is 21.6 Å². The van der Waals surface area contributed by atoms with E-state index in [4.69, 9.17) is 5.73 Å². The number of fused-ring (bicyclic) bond motifs is 3. The summed E-state index contributed by atoms with van der Waals surface area (Å²) in [4.78, 5) is 13.5. The van der Waals surface area contributed by atoms with Gasteiger partial charge in [0.25, 0.3) is 10.0 Å². The van der Waals surface area contributed by atoms with Gasteiger partial charge in [-0.15, -0.1) is 0 Å². The number of nitrogens with zero attached hydrogens (tertiary/aromatic N) is 4. The van der Waals surface area contributed by atoms with Crippen LogP contribution in [0.15, 0.2) is 47.6 Å². The Kier molecular flexibility index (Phi) is 5.61. The second-order valence-electron chi connectivity index (χ2n) is 8.47. The summed E-state index contributed by atoms with van der Waals surface area (Å²) < 4.78 is 66.7. The maximum absolute atomic E-state index is 13.5. The average Bonchev–Trinajstić information content (AvgIpc) is 3.41. The van der Waals surface area contributed by atoms with E-state index in [0.717, 1.165) is 9.54 Å². The summed E-state index contributed by atoms with van der Waals surface area (Å²) in [6, 6.07) is 8.04. The molecule has 0 spiro atoms. The molecule has 0 saturated carbocycles. The van der Waals surface area contributed by atoms with Gasteiger partial charge in [0.15, 0.2) is 5.65 Å². The van der Waals surface area contributed by atoms with Gasteiger partial charge in [-0.1, -0.05) is 18.2 Å². The van der Waals surface area contributed by atoms with Crippen LogP contribution in [0.3, 0.4) is 0 Å². The molecule has 1 aliphatic heterocycles. The number of rotatable bonds is 5. The van der Waals surface area contributed by atoms with Gasteiger partial charge in [0.2, 0.25) is 0 Å². The van der Waals surface area contributed by atoms with Crippen LogP contribution < -0.4 is 5.73 Å². The molecule has 1 fully saturated rings. The highest BCUT2D eigenvalue weighted by Crippen LogP contribution is 2.38. The molecule has 1 aliphatic rings. The van der Waals surface area contributed by atoms with Crippen molar-refractivity contribution in [1.29, 1.82) is 0 Å². The minimum atomic E-state index is -4.25. The highest BCUT2D eigenvalue weighted by Gasteiger charge is 2.34. The molecule has 0 aliphatic carbocycles. The molecule has 4 aromatic rings. The van der Waals surface area contributed by atoms with Crippen LogP contribution in [0, 0.1) is 0 Å².